The van der Waals surface area contributed by atoms with E-state index in [9.17, 15) is 13.2 Å². The van der Waals surface area contributed by atoms with Crippen LogP contribution in [0.15, 0.2) is 54.6 Å². The Morgan fingerprint density at radius 1 is 1.06 bits per heavy atom. The third kappa shape index (κ3) is 4.28. The molecular formula is C25H32N2O3S. The van der Waals surface area contributed by atoms with Gasteiger partial charge in [-0.3, -0.25) is 4.79 Å². The van der Waals surface area contributed by atoms with Crippen molar-refractivity contribution in [3.63, 3.8) is 0 Å². The number of nitrogens with two attached hydrogens (primary N) is 1. The average molecular weight is 441 g/mol. The quantitative estimate of drug-likeness (QED) is 0.741. The first-order valence-corrected chi connectivity index (χ1v) is 12.7. The lowest BCUT2D eigenvalue weighted by molar-refractivity contribution is -0.135. The Morgan fingerprint density at radius 3 is 2.29 bits per heavy atom. The van der Waals surface area contributed by atoms with Crippen LogP contribution in [0, 0.1) is 17.3 Å². The lowest BCUT2D eigenvalue weighted by Crippen LogP contribution is -2.46. The fourth-order valence-electron chi connectivity index (χ4n) is 5.39. The summed E-state index contributed by atoms with van der Waals surface area (Å²) in [5.41, 5.74) is 3.25. The van der Waals surface area contributed by atoms with Crippen molar-refractivity contribution in [3.8, 4) is 11.1 Å². The van der Waals surface area contributed by atoms with E-state index < -0.39 is 15.3 Å². The number of hydrogen-bond donors (Lipinski definition) is 1. The topological polar surface area (TPSA) is 80.5 Å². The Balaban J connectivity index is 1.71. The zero-order valence-corrected chi connectivity index (χ0v) is 19.3. The van der Waals surface area contributed by atoms with Crippen molar-refractivity contribution in [3.05, 3.63) is 60.2 Å². The molecule has 0 bridgehead atoms. The third-order valence-electron chi connectivity index (χ3n) is 7.18. The molecule has 6 heteroatoms. The minimum absolute atomic E-state index is 0.0969. The molecule has 5 nitrogen and oxygen atoms in total. The van der Waals surface area contributed by atoms with Crippen LogP contribution in [0.25, 0.3) is 11.1 Å². The first-order valence-electron chi connectivity index (χ1n) is 11.1. The maximum atomic E-state index is 13.1. The molecule has 1 saturated carbocycles. The molecule has 1 spiro atoms. The van der Waals surface area contributed by atoms with E-state index in [2.05, 4.69) is 30.3 Å². The van der Waals surface area contributed by atoms with Gasteiger partial charge in [0.05, 0.1) is 5.25 Å². The molecule has 1 saturated heterocycles. The number of carbonyl (C=O) groups is 1. The second kappa shape index (κ2) is 8.06. The van der Waals surface area contributed by atoms with E-state index in [4.69, 9.17) is 5.14 Å². The highest BCUT2D eigenvalue weighted by Crippen LogP contribution is 2.60. The molecule has 3 atom stereocenters. The Hall–Kier alpha value is -2.18. The second-order valence-corrected chi connectivity index (χ2v) is 11.6. The van der Waals surface area contributed by atoms with Crippen LogP contribution in [0.2, 0.25) is 0 Å². The van der Waals surface area contributed by atoms with Crippen LogP contribution >= 0.6 is 0 Å². The van der Waals surface area contributed by atoms with E-state index in [-0.39, 0.29) is 29.2 Å². The summed E-state index contributed by atoms with van der Waals surface area (Å²) in [7, 11) is -3.70. The predicted molar refractivity (Wildman–Crippen MR) is 124 cm³/mol. The van der Waals surface area contributed by atoms with Gasteiger partial charge in [-0.05, 0) is 48.3 Å². The number of likely N-dealkylation sites (tertiary alicyclic amines) is 1. The largest absolute Gasteiger partial charge is 0.338 e. The lowest BCUT2D eigenvalue weighted by atomic mass is 9.82. The van der Waals surface area contributed by atoms with Gasteiger partial charge in [-0.1, -0.05) is 68.4 Å². The molecule has 1 aliphatic carbocycles. The fourth-order valence-corrected chi connectivity index (χ4v) is 6.27. The van der Waals surface area contributed by atoms with Gasteiger partial charge in [0, 0.05) is 24.4 Å². The maximum Gasteiger partial charge on any atom is 0.225 e. The molecule has 2 aromatic carbocycles. The van der Waals surface area contributed by atoms with Gasteiger partial charge in [0.15, 0.2) is 0 Å². The molecule has 1 heterocycles. The van der Waals surface area contributed by atoms with Crippen LogP contribution in [0.4, 0.5) is 0 Å². The molecule has 2 fully saturated rings. The number of sulfonamides is 1. The van der Waals surface area contributed by atoms with Crippen molar-refractivity contribution in [2.24, 2.45) is 22.4 Å². The summed E-state index contributed by atoms with van der Waals surface area (Å²) in [5, 5.41) is 4.94. The summed E-state index contributed by atoms with van der Waals surface area (Å²) in [6.45, 7) is 6.17. The molecule has 4 rings (SSSR count). The van der Waals surface area contributed by atoms with Gasteiger partial charge < -0.3 is 4.90 Å². The zero-order chi connectivity index (χ0) is 22.4. The van der Waals surface area contributed by atoms with E-state index in [1.165, 1.54) is 0 Å². The summed E-state index contributed by atoms with van der Waals surface area (Å²) in [4.78, 5) is 15.1. The molecule has 2 N–H and O–H groups in total. The highest BCUT2D eigenvalue weighted by molar-refractivity contribution is 7.89. The first kappa shape index (κ1) is 22.0. The highest BCUT2D eigenvalue weighted by Gasteiger charge is 2.63. The number of rotatable bonds is 6. The fraction of sp³-hybridized carbons (Fsp3) is 0.480. The number of nitrogens with zero attached hydrogens (tertiary/aromatic N) is 1. The predicted octanol–water partition coefficient (Wildman–Crippen LogP) is 3.84. The van der Waals surface area contributed by atoms with Crippen molar-refractivity contribution < 1.29 is 13.2 Å². The molecule has 1 amide bonds. The SMILES string of the molecule is CC(C)C(=O)N1CC2(CC2)C(C(C)S(N)(=O)=O)C1Cc1cccc(-c2ccccc2)c1. The Morgan fingerprint density at radius 2 is 1.71 bits per heavy atom. The van der Waals surface area contributed by atoms with Gasteiger partial charge >= 0.3 is 0 Å². The van der Waals surface area contributed by atoms with Gasteiger partial charge in [-0.15, -0.1) is 0 Å². The second-order valence-electron chi connectivity index (χ2n) is 9.64. The summed E-state index contributed by atoms with van der Waals surface area (Å²) in [6.07, 6.45) is 2.55. The van der Waals surface area contributed by atoms with E-state index >= 15 is 0 Å². The minimum Gasteiger partial charge on any atom is -0.338 e. The molecule has 2 aliphatic rings. The number of benzene rings is 2. The molecule has 166 valence electrons. The standard InChI is InChI=1S/C25H32N2O3S/c1-17(2)24(28)27-16-25(12-13-25)23(18(3)31(26,29)30)22(27)15-19-8-7-11-21(14-19)20-9-5-4-6-10-20/h4-11,14,17-18,22-23H,12-13,15-16H2,1-3H3,(H2,26,29,30). The molecule has 0 radical (unpaired) electrons. The third-order valence-corrected chi connectivity index (χ3v) is 8.51. The van der Waals surface area contributed by atoms with Gasteiger partial charge in [0.1, 0.15) is 0 Å². The van der Waals surface area contributed by atoms with Crippen LogP contribution in [-0.4, -0.2) is 37.1 Å². The van der Waals surface area contributed by atoms with Crippen molar-refractivity contribution in [2.45, 2.75) is 51.3 Å². The molecule has 3 unspecified atom stereocenters. The highest BCUT2D eigenvalue weighted by atomic mass is 32.2. The first-order chi connectivity index (χ1) is 14.6. The molecule has 1 aliphatic heterocycles. The molecule has 2 aromatic rings. The number of carbonyl (C=O) groups excluding carboxylic acids is 1. The summed E-state index contributed by atoms with van der Waals surface area (Å²) in [5.74, 6) is -0.178. The maximum absolute atomic E-state index is 13.1. The van der Waals surface area contributed by atoms with Crippen molar-refractivity contribution >= 4 is 15.9 Å². The smallest absolute Gasteiger partial charge is 0.225 e. The van der Waals surface area contributed by atoms with Crippen molar-refractivity contribution in [1.29, 1.82) is 0 Å². The Labute approximate surface area is 185 Å². The van der Waals surface area contributed by atoms with E-state index in [0.717, 1.165) is 29.5 Å². The van der Waals surface area contributed by atoms with Crippen molar-refractivity contribution in [2.75, 3.05) is 6.54 Å². The number of hydrogen-bond acceptors (Lipinski definition) is 3. The van der Waals surface area contributed by atoms with Crippen molar-refractivity contribution in [1.82, 2.24) is 4.90 Å². The zero-order valence-electron chi connectivity index (χ0n) is 18.5. The summed E-state index contributed by atoms with van der Waals surface area (Å²) in [6, 6.07) is 18.4. The van der Waals surface area contributed by atoms with Crippen LogP contribution in [0.3, 0.4) is 0 Å². The van der Waals surface area contributed by atoms with E-state index in [1.54, 1.807) is 6.92 Å². The van der Waals surface area contributed by atoms with E-state index in [0.29, 0.717) is 13.0 Å². The molecular weight excluding hydrogens is 408 g/mol. The summed E-state index contributed by atoms with van der Waals surface area (Å²) < 4.78 is 24.7. The Bertz CT molecular complexity index is 1060. The molecule has 0 aromatic heterocycles. The van der Waals surface area contributed by atoms with Crippen LogP contribution in [0.1, 0.15) is 39.2 Å². The number of amides is 1. The average Bonchev–Trinajstić information content (AvgIpc) is 3.44. The minimum atomic E-state index is -3.70. The summed E-state index contributed by atoms with van der Waals surface area (Å²) >= 11 is 0. The normalized spacial score (nSPS) is 23.3. The van der Waals surface area contributed by atoms with Crippen LogP contribution in [-0.2, 0) is 21.2 Å². The van der Waals surface area contributed by atoms with Crippen LogP contribution in [0.5, 0.6) is 0 Å². The van der Waals surface area contributed by atoms with E-state index in [1.807, 2.05) is 43.0 Å². The van der Waals surface area contributed by atoms with Gasteiger partial charge in [-0.25, -0.2) is 13.6 Å². The van der Waals surface area contributed by atoms with Gasteiger partial charge in [0.25, 0.3) is 0 Å². The molecule has 31 heavy (non-hydrogen) atoms. The van der Waals surface area contributed by atoms with Gasteiger partial charge in [-0.2, -0.15) is 0 Å². The lowest BCUT2D eigenvalue weighted by Gasteiger charge is -2.32. The van der Waals surface area contributed by atoms with Gasteiger partial charge in [0.2, 0.25) is 15.9 Å². The number of primary sulfonamides is 1. The monoisotopic (exact) mass is 440 g/mol. The Kier molecular flexibility index (Phi) is 5.73. The van der Waals surface area contributed by atoms with Crippen LogP contribution < -0.4 is 5.14 Å².